The van der Waals surface area contributed by atoms with Crippen LogP contribution in [0, 0.1) is 6.92 Å². The highest BCUT2D eigenvalue weighted by Gasteiger charge is 2.06. The minimum absolute atomic E-state index is 1.03. The molecule has 0 fully saturated rings. The zero-order valence-corrected chi connectivity index (χ0v) is 10.3. The van der Waals surface area contributed by atoms with Gasteiger partial charge in [-0.1, -0.05) is 19.1 Å². The van der Waals surface area contributed by atoms with E-state index in [-0.39, 0.29) is 0 Å². The molecule has 1 rings (SSSR count). The van der Waals surface area contributed by atoms with Crippen molar-refractivity contribution in [3.8, 4) is 0 Å². The van der Waals surface area contributed by atoms with E-state index in [1.54, 1.807) is 0 Å². The van der Waals surface area contributed by atoms with Crippen molar-refractivity contribution in [1.29, 1.82) is 0 Å². The van der Waals surface area contributed by atoms with Gasteiger partial charge in [0.25, 0.3) is 0 Å². The lowest BCUT2D eigenvalue weighted by molar-refractivity contribution is 1.12. The van der Waals surface area contributed by atoms with Gasteiger partial charge in [-0.3, -0.25) is 4.99 Å². The van der Waals surface area contributed by atoms with Crippen LogP contribution < -0.4 is 4.90 Å². The fourth-order valence-corrected chi connectivity index (χ4v) is 1.64. The molecule has 1 aromatic carbocycles. The second kappa shape index (κ2) is 4.96. The van der Waals surface area contributed by atoms with Crippen LogP contribution in [0.25, 0.3) is 0 Å². The molecule has 0 bridgehead atoms. The fourth-order valence-electron chi connectivity index (χ4n) is 1.64. The lowest BCUT2D eigenvalue weighted by Gasteiger charge is -2.21. The lowest BCUT2D eigenvalue weighted by atomic mass is 10.1. The first kappa shape index (κ1) is 11.8. The van der Waals surface area contributed by atoms with E-state index in [9.17, 15) is 0 Å². The normalized spacial score (nSPS) is 11.7. The molecule has 0 amide bonds. The third-order valence-corrected chi connectivity index (χ3v) is 2.84. The fraction of sp³-hybridized carbons (Fsp3) is 0.462. The third-order valence-electron chi connectivity index (χ3n) is 2.84. The van der Waals surface area contributed by atoms with Crippen molar-refractivity contribution in [1.82, 2.24) is 0 Å². The van der Waals surface area contributed by atoms with Crippen molar-refractivity contribution >= 4 is 11.5 Å². The summed E-state index contributed by atoms with van der Waals surface area (Å²) < 4.78 is 0. The van der Waals surface area contributed by atoms with Crippen molar-refractivity contribution in [2.75, 3.05) is 19.0 Å². The van der Waals surface area contributed by atoms with Gasteiger partial charge in [0, 0.05) is 19.8 Å². The summed E-state index contributed by atoms with van der Waals surface area (Å²) in [5.41, 5.74) is 3.92. The summed E-state index contributed by atoms with van der Waals surface area (Å²) in [4.78, 5) is 6.31. The second-order valence-corrected chi connectivity index (χ2v) is 3.80. The number of hydrogen-bond donors (Lipinski definition) is 0. The molecule has 2 heteroatoms. The molecule has 0 spiro atoms. The van der Waals surface area contributed by atoms with Crippen LogP contribution in [0.15, 0.2) is 23.2 Å². The number of amidine groups is 1. The summed E-state index contributed by atoms with van der Waals surface area (Å²) in [5.74, 6) is 1.03. The standard InChI is InChI=1S/C13H20N2/c1-6-12-7-8-13(10(2)9-12)15(5)11(3)14-4/h7-9H,6H2,1-5H3/b14-11-. The first-order chi connectivity index (χ1) is 7.10. The van der Waals surface area contributed by atoms with Gasteiger partial charge in [0.15, 0.2) is 0 Å². The predicted molar refractivity (Wildman–Crippen MR) is 68.0 cm³/mol. The maximum absolute atomic E-state index is 4.19. The Morgan fingerprint density at radius 2 is 2.07 bits per heavy atom. The zero-order chi connectivity index (χ0) is 11.4. The summed E-state index contributed by atoms with van der Waals surface area (Å²) in [6.45, 7) is 6.35. The SMILES string of the molecule is CCc1ccc(N(C)/C(C)=N\C)c(C)c1. The van der Waals surface area contributed by atoms with E-state index in [1.807, 2.05) is 14.0 Å². The van der Waals surface area contributed by atoms with Gasteiger partial charge < -0.3 is 4.90 Å². The van der Waals surface area contributed by atoms with Crippen molar-refractivity contribution < 1.29 is 0 Å². The number of aryl methyl sites for hydroxylation is 2. The smallest absolute Gasteiger partial charge is 0.0995 e. The van der Waals surface area contributed by atoms with Crippen molar-refractivity contribution in [3.63, 3.8) is 0 Å². The Labute approximate surface area is 92.6 Å². The first-order valence-electron chi connectivity index (χ1n) is 5.36. The molecule has 0 aromatic heterocycles. The average molecular weight is 204 g/mol. The molecule has 0 radical (unpaired) electrons. The molecule has 15 heavy (non-hydrogen) atoms. The van der Waals surface area contributed by atoms with E-state index in [4.69, 9.17) is 0 Å². The number of aliphatic imine (C=N–C) groups is 1. The van der Waals surface area contributed by atoms with Gasteiger partial charge in [-0.2, -0.15) is 0 Å². The maximum Gasteiger partial charge on any atom is 0.0995 e. The number of nitrogens with zero attached hydrogens (tertiary/aromatic N) is 2. The number of benzene rings is 1. The van der Waals surface area contributed by atoms with Gasteiger partial charge in [-0.15, -0.1) is 0 Å². The molecule has 0 aliphatic carbocycles. The Morgan fingerprint density at radius 3 is 2.53 bits per heavy atom. The van der Waals surface area contributed by atoms with Gasteiger partial charge in [-0.25, -0.2) is 0 Å². The van der Waals surface area contributed by atoms with Crippen LogP contribution in [0.1, 0.15) is 25.0 Å². The van der Waals surface area contributed by atoms with Crippen LogP contribution in [0.4, 0.5) is 5.69 Å². The number of rotatable bonds is 2. The maximum atomic E-state index is 4.19. The van der Waals surface area contributed by atoms with Crippen LogP contribution in [0.3, 0.4) is 0 Å². The molecule has 0 saturated heterocycles. The lowest BCUT2D eigenvalue weighted by Crippen LogP contribution is -2.24. The highest BCUT2D eigenvalue weighted by atomic mass is 15.2. The molecule has 2 nitrogen and oxygen atoms in total. The average Bonchev–Trinajstić information content (AvgIpc) is 2.26. The van der Waals surface area contributed by atoms with Gasteiger partial charge in [-0.05, 0) is 37.5 Å². The van der Waals surface area contributed by atoms with Gasteiger partial charge in [0.05, 0.1) is 5.84 Å². The Morgan fingerprint density at radius 1 is 1.40 bits per heavy atom. The van der Waals surface area contributed by atoms with Gasteiger partial charge >= 0.3 is 0 Å². The molecule has 82 valence electrons. The minimum Gasteiger partial charge on any atom is -0.333 e. The minimum atomic E-state index is 1.03. The molecule has 0 unspecified atom stereocenters. The summed E-state index contributed by atoms with van der Waals surface area (Å²) >= 11 is 0. The summed E-state index contributed by atoms with van der Waals surface area (Å²) in [7, 11) is 3.87. The Bertz CT molecular complexity index is 367. The molecule has 0 aliphatic rings. The molecule has 0 atom stereocenters. The third kappa shape index (κ3) is 2.58. The molecular formula is C13H20N2. The van der Waals surface area contributed by atoms with Crippen molar-refractivity contribution in [2.24, 2.45) is 4.99 Å². The van der Waals surface area contributed by atoms with Crippen LogP contribution in [-0.2, 0) is 6.42 Å². The molecule has 0 saturated carbocycles. The van der Waals surface area contributed by atoms with E-state index >= 15 is 0 Å². The van der Waals surface area contributed by atoms with Gasteiger partial charge in [0.1, 0.15) is 0 Å². The second-order valence-electron chi connectivity index (χ2n) is 3.80. The highest BCUT2D eigenvalue weighted by molar-refractivity contribution is 5.96. The topological polar surface area (TPSA) is 15.6 Å². The zero-order valence-electron chi connectivity index (χ0n) is 10.3. The van der Waals surface area contributed by atoms with Crippen molar-refractivity contribution in [2.45, 2.75) is 27.2 Å². The van der Waals surface area contributed by atoms with Crippen LogP contribution in [-0.4, -0.2) is 19.9 Å². The molecule has 0 heterocycles. The van der Waals surface area contributed by atoms with E-state index in [0.29, 0.717) is 0 Å². The quantitative estimate of drug-likeness (QED) is 0.534. The Kier molecular flexibility index (Phi) is 3.89. The largest absolute Gasteiger partial charge is 0.333 e. The summed E-state index contributed by atoms with van der Waals surface area (Å²) in [5, 5.41) is 0. The van der Waals surface area contributed by atoms with Crippen molar-refractivity contribution in [3.05, 3.63) is 29.3 Å². The highest BCUT2D eigenvalue weighted by Crippen LogP contribution is 2.20. The number of anilines is 1. The van der Waals surface area contributed by atoms with Gasteiger partial charge in [0.2, 0.25) is 0 Å². The van der Waals surface area contributed by atoms with Crippen LogP contribution >= 0.6 is 0 Å². The van der Waals surface area contributed by atoms with E-state index < -0.39 is 0 Å². The summed E-state index contributed by atoms with van der Waals surface area (Å²) in [6.07, 6.45) is 1.09. The van der Waals surface area contributed by atoms with E-state index in [2.05, 4.69) is 49.0 Å². The molecule has 0 N–H and O–H groups in total. The number of hydrogen-bond acceptors (Lipinski definition) is 1. The summed E-state index contributed by atoms with van der Waals surface area (Å²) in [6, 6.07) is 6.60. The first-order valence-corrected chi connectivity index (χ1v) is 5.36. The molecule has 1 aromatic rings. The predicted octanol–water partition coefficient (Wildman–Crippen LogP) is 3.04. The van der Waals surface area contributed by atoms with Crippen LogP contribution in [0.5, 0.6) is 0 Å². The molecule has 0 aliphatic heterocycles. The van der Waals surface area contributed by atoms with Crippen LogP contribution in [0.2, 0.25) is 0 Å². The monoisotopic (exact) mass is 204 g/mol. The Balaban J connectivity index is 3.05. The van der Waals surface area contributed by atoms with E-state index in [0.717, 1.165) is 12.3 Å². The van der Waals surface area contributed by atoms with E-state index in [1.165, 1.54) is 16.8 Å². The molecular weight excluding hydrogens is 184 g/mol. The Hall–Kier alpha value is -1.31.